The molecule has 122 valence electrons. The Morgan fingerprint density at radius 3 is 2.48 bits per heavy atom. The Balaban J connectivity index is 1.84. The highest BCUT2D eigenvalue weighted by Gasteiger charge is 2.60. The average molecular weight is 312 g/mol. The fraction of sp³-hybridized carbons (Fsp3) is 0.611. The van der Waals surface area contributed by atoms with Crippen LogP contribution in [0.15, 0.2) is 28.5 Å². The number of ketones is 1. The summed E-state index contributed by atoms with van der Waals surface area (Å²) < 4.78 is 0. The smallest absolute Gasteiger partial charge is 0.200 e. The van der Waals surface area contributed by atoms with Crippen LogP contribution in [0, 0.1) is 13.8 Å². The molecule has 3 aliphatic rings. The Kier molecular flexibility index (Phi) is 3.48. The minimum atomic E-state index is -0.672. The number of rotatable bonds is 2. The van der Waals surface area contributed by atoms with Gasteiger partial charge in [-0.3, -0.25) is 9.69 Å². The van der Waals surface area contributed by atoms with Crippen LogP contribution in [0.1, 0.15) is 43.2 Å². The molecule has 0 unspecified atom stereocenters. The molecule has 0 amide bonds. The van der Waals surface area contributed by atoms with Crippen LogP contribution in [0.25, 0.3) is 0 Å². The standard InChI is InChI=1S/C18H24N4O/c1-13-10-14(2)12-15(11-13)22-18(21-8-3-4-9-21)16(19-20-22)6-5-7-17(18)23/h10-12,16H,3-9H2,1-2H3/t16-,18-/m1/s1. The van der Waals surface area contributed by atoms with E-state index < -0.39 is 5.66 Å². The van der Waals surface area contributed by atoms with E-state index in [2.05, 4.69) is 47.3 Å². The molecule has 0 bridgehead atoms. The number of fused-ring (bicyclic) bond motifs is 1. The van der Waals surface area contributed by atoms with Gasteiger partial charge in [-0.15, -0.1) is 0 Å². The maximum Gasteiger partial charge on any atom is 0.200 e. The minimum absolute atomic E-state index is 0.0253. The predicted molar refractivity (Wildman–Crippen MR) is 89.4 cm³/mol. The van der Waals surface area contributed by atoms with Gasteiger partial charge in [-0.2, -0.15) is 5.11 Å². The highest BCUT2D eigenvalue weighted by molar-refractivity contribution is 5.93. The quantitative estimate of drug-likeness (QED) is 0.841. The number of likely N-dealkylation sites (tertiary alicyclic amines) is 1. The third kappa shape index (κ3) is 2.13. The number of Topliss-reactive ketones (excluding diaryl/α,β-unsaturated/α-hetero) is 1. The first-order valence-electron chi connectivity index (χ1n) is 8.70. The second kappa shape index (κ2) is 5.41. The Hall–Kier alpha value is -1.75. The summed E-state index contributed by atoms with van der Waals surface area (Å²) in [4.78, 5) is 15.5. The molecule has 1 aromatic rings. The van der Waals surface area contributed by atoms with Crippen molar-refractivity contribution < 1.29 is 4.79 Å². The molecule has 0 aromatic heterocycles. The van der Waals surface area contributed by atoms with Crippen LogP contribution in [0.5, 0.6) is 0 Å². The van der Waals surface area contributed by atoms with E-state index in [1.165, 1.54) is 11.1 Å². The van der Waals surface area contributed by atoms with Crippen molar-refractivity contribution in [3.05, 3.63) is 29.3 Å². The van der Waals surface area contributed by atoms with Crippen LogP contribution in [0.3, 0.4) is 0 Å². The first kappa shape index (κ1) is 14.8. The normalized spacial score (nSPS) is 31.0. The predicted octanol–water partition coefficient (Wildman–Crippen LogP) is 3.40. The Labute approximate surface area is 137 Å². The van der Waals surface area contributed by atoms with E-state index in [9.17, 15) is 4.79 Å². The summed E-state index contributed by atoms with van der Waals surface area (Å²) in [7, 11) is 0. The van der Waals surface area contributed by atoms with Crippen molar-refractivity contribution in [1.82, 2.24) is 4.90 Å². The van der Waals surface area contributed by atoms with Gasteiger partial charge in [0, 0.05) is 19.5 Å². The van der Waals surface area contributed by atoms with Crippen molar-refractivity contribution in [2.24, 2.45) is 10.3 Å². The van der Waals surface area contributed by atoms with Crippen molar-refractivity contribution in [2.75, 3.05) is 18.1 Å². The SMILES string of the molecule is Cc1cc(C)cc(N2N=N[C@@H]3CCCC(=O)[C@@]32N2CCCC2)c1. The fourth-order valence-corrected chi connectivity index (χ4v) is 4.51. The van der Waals surface area contributed by atoms with Crippen molar-refractivity contribution in [1.29, 1.82) is 0 Å². The number of hydrogen-bond donors (Lipinski definition) is 0. The van der Waals surface area contributed by atoms with Crippen molar-refractivity contribution in [2.45, 2.75) is 57.7 Å². The second-order valence-electron chi connectivity index (χ2n) is 7.11. The van der Waals surface area contributed by atoms with E-state index in [1.54, 1.807) is 0 Å². The number of benzene rings is 1. The molecule has 1 aromatic carbocycles. The van der Waals surface area contributed by atoms with E-state index in [4.69, 9.17) is 0 Å². The van der Waals surface area contributed by atoms with E-state index in [0.29, 0.717) is 12.2 Å². The number of carbonyl (C=O) groups is 1. The Bertz CT molecular complexity index is 645. The molecule has 2 heterocycles. The molecular formula is C18H24N4O. The summed E-state index contributed by atoms with van der Waals surface area (Å²) >= 11 is 0. The zero-order valence-electron chi connectivity index (χ0n) is 14.0. The van der Waals surface area contributed by atoms with Gasteiger partial charge < -0.3 is 0 Å². The zero-order valence-corrected chi connectivity index (χ0v) is 14.0. The summed E-state index contributed by atoms with van der Waals surface area (Å²) in [6.07, 6.45) is 4.83. The van der Waals surface area contributed by atoms with Crippen LogP contribution < -0.4 is 5.01 Å². The van der Waals surface area contributed by atoms with E-state index in [0.717, 1.165) is 44.5 Å². The van der Waals surface area contributed by atoms with Crippen LogP contribution in [0.4, 0.5) is 5.69 Å². The minimum Gasteiger partial charge on any atom is -0.295 e. The number of anilines is 1. The molecule has 0 N–H and O–H groups in total. The number of nitrogens with zero attached hydrogens (tertiary/aromatic N) is 4. The molecule has 1 saturated carbocycles. The lowest BCUT2D eigenvalue weighted by Crippen LogP contribution is -2.68. The maximum atomic E-state index is 13.1. The summed E-state index contributed by atoms with van der Waals surface area (Å²) in [6, 6.07) is 6.37. The van der Waals surface area contributed by atoms with Gasteiger partial charge in [0.2, 0.25) is 0 Å². The van der Waals surface area contributed by atoms with Gasteiger partial charge in [0.1, 0.15) is 6.04 Å². The third-order valence-corrected chi connectivity index (χ3v) is 5.40. The summed E-state index contributed by atoms with van der Waals surface area (Å²) in [5.74, 6) is 0.291. The Morgan fingerprint density at radius 2 is 1.78 bits per heavy atom. The van der Waals surface area contributed by atoms with Gasteiger partial charge in [0.15, 0.2) is 11.4 Å². The monoisotopic (exact) mass is 312 g/mol. The van der Waals surface area contributed by atoms with Gasteiger partial charge in [0.25, 0.3) is 0 Å². The lowest BCUT2D eigenvalue weighted by molar-refractivity contribution is -0.133. The lowest BCUT2D eigenvalue weighted by atomic mass is 9.81. The summed E-state index contributed by atoms with van der Waals surface area (Å²) in [6.45, 7) is 6.11. The highest BCUT2D eigenvalue weighted by Crippen LogP contribution is 2.45. The summed E-state index contributed by atoms with van der Waals surface area (Å²) in [5.41, 5.74) is 2.71. The fourth-order valence-electron chi connectivity index (χ4n) is 4.51. The highest BCUT2D eigenvalue weighted by atomic mass is 16.1. The van der Waals surface area contributed by atoms with Gasteiger partial charge in [-0.25, -0.2) is 5.01 Å². The van der Waals surface area contributed by atoms with Crippen LogP contribution in [-0.4, -0.2) is 35.5 Å². The van der Waals surface area contributed by atoms with E-state index in [1.807, 2.05) is 5.01 Å². The molecule has 4 rings (SSSR count). The number of aryl methyl sites for hydroxylation is 2. The molecule has 5 nitrogen and oxygen atoms in total. The maximum absolute atomic E-state index is 13.1. The van der Waals surface area contributed by atoms with Crippen molar-refractivity contribution in [3.8, 4) is 0 Å². The van der Waals surface area contributed by atoms with Crippen LogP contribution in [0.2, 0.25) is 0 Å². The van der Waals surface area contributed by atoms with Crippen LogP contribution >= 0.6 is 0 Å². The molecule has 2 atom stereocenters. The zero-order chi connectivity index (χ0) is 16.0. The van der Waals surface area contributed by atoms with Gasteiger partial charge in [-0.05, 0) is 62.8 Å². The molecule has 0 radical (unpaired) electrons. The molecular weight excluding hydrogens is 288 g/mol. The van der Waals surface area contributed by atoms with E-state index >= 15 is 0 Å². The molecule has 23 heavy (non-hydrogen) atoms. The molecule has 2 fully saturated rings. The molecule has 2 aliphatic heterocycles. The second-order valence-corrected chi connectivity index (χ2v) is 7.11. The third-order valence-electron chi connectivity index (χ3n) is 5.40. The van der Waals surface area contributed by atoms with Crippen molar-refractivity contribution >= 4 is 11.5 Å². The van der Waals surface area contributed by atoms with Gasteiger partial charge in [0.05, 0.1) is 5.69 Å². The first-order chi connectivity index (χ1) is 11.1. The van der Waals surface area contributed by atoms with E-state index in [-0.39, 0.29) is 6.04 Å². The molecule has 1 aliphatic carbocycles. The summed E-state index contributed by atoms with van der Waals surface area (Å²) in [5, 5.41) is 11.0. The molecule has 1 saturated heterocycles. The van der Waals surface area contributed by atoms with Crippen LogP contribution in [-0.2, 0) is 4.79 Å². The van der Waals surface area contributed by atoms with Gasteiger partial charge >= 0.3 is 0 Å². The van der Waals surface area contributed by atoms with Crippen molar-refractivity contribution in [3.63, 3.8) is 0 Å². The first-order valence-corrected chi connectivity index (χ1v) is 8.70. The van der Waals surface area contributed by atoms with Gasteiger partial charge in [-0.1, -0.05) is 11.3 Å². The molecule has 5 heteroatoms. The topological polar surface area (TPSA) is 48.3 Å². The number of hydrogen-bond acceptors (Lipinski definition) is 5. The Morgan fingerprint density at radius 1 is 1.09 bits per heavy atom. The lowest BCUT2D eigenvalue weighted by Gasteiger charge is -2.47. The largest absolute Gasteiger partial charge is 0.295 e. The number of carbonyl (C=O) groups excluding carboxylic acids is 1. The molecule has 0 spiro atoms. The average Bonchev–Trinajstić information content (AvgIpc) is 3.14.